The highest BCUT2D eigenvalue weighted by Gasteiger charge is 2.14. The fraction of sp³-hybridized carbons (Fsp3) is 0.286. The maximum absolute atomic E-state index is 11.5. The van der Waals surface area contributed by atoms with Gasteiger partial charge in [0.1, 0.15) is 12.0 Å². The number of carbonyl (C=O) groups excluding carboxylic acids is 1. The number of oxazole rings is 1. The lowest BCUT2D eigenvalue weighted by atomic mass is 10.3. The van der Waals surface area contributed by atoms with Crippen molar-refractivity contribution in [2.24, 2.45) is 0 Å². The van der Waals surface area contributed by atoms with Crippen molar-refractivity contribution >= 4 is 17.7 Å². The Morgan fingerprint density at radius 3 is 2.85 bits per heavy atom. The molecule has 1 aromatic carbocycles. The van der Waals surface area contributed by atoms with Gasteiger partial charge in [0.25, 0.3) is 6.01 Å². The van der Waals surface area contributed by atoms with Crippen LogP contribution in [0.25, 0.3) is 0 Å². The minimum Gasteiger partial charge on any atom is -0.492 e. The highest BCUT2D eigenvalue weighted by atomic mass is 16.5. The molecule has 0 unspecified atom stereocenters. The van der Waals surface area contributed by atoms with Crippen LogP contribution in [-0.4, -0.2) is 24.2 Å². The van der Waals surface area contributed by atoms with Gasteiger partial charge in [-0.2, -0.15) is 4.98 Å². The van der Waals surface area contributed by atoms with Crippen LogP contribution in [-0.2, 0) is 4.74 Å². The molecule has 2 rings (SSSR count). The Balaban J connectivity index is 2.12. The van der Waals surface area contributed by atoms with Gasteiger partial charge in [-0.3, -0.25) is 0 Å². The number of ether oxygens (including phenoxy) is 2. The van der Waals surface area contributed by atoms with E-state index >= 15 is 0 Å². The number of anilines is 2. The second kappa shape index (κ2) is 6.60. The second-order valence-corrected chi connectivity index (χ2v) is 3.81. The zero-order valence-corrected chi connectivity index (χ0v) is 11.4. The van der Waals surface area contributed by atoms with Gasteiger partial charge in [0.15, 0.2) is 5.69 Å². The number of nitrogens with one attached hydrogen (secondary N) is 1. The third-order valence-electron chi connectivity index (χ3n) is 2.42. The fourth-order valence-electron chi connectivity index (χ4n) is 1.60. The van der Waals surface area contributed by atoms with Gasteiger partial charge in [-0.1, -0.05) is 12.1 Å². The summed E-state index contributed by atoms with van der Waals surface area (Å²) in [5.74, 6) is 0.174. The van der Waals surface area contributed by atoms with Gasteiger partial charge in [0.05, 0.1) is 18.9 Å². The van der Waals surface area contributed by atoms with Crippen molar-refractivity contribution in [1.29, 1.82) is 0 Å². The molecule has 6 heteroatoms. The topological polar surface area (TPSA) is 73.6 Å². The van der Waals surface area contributed by atoms with E-state index in [1.807, 2.05) is 31.2 Å². The molecule has 1 heterocycles. The highest BCUT2D eigenvalue weighted by molar-refractivity contribution is 5.87. The van der Waals surface area contributed by atoms with Crippen molar-refractivity contribution in [3.63, 3.8) is 0 Å². The van der Waals surface area contributed by atoms with Crippen LogP contribution in [0.15, 0.2) is 34.9 Å². The summed E-state index contributed by atoms with van der Waals surface area (Å²) in [6.45, 7) is 4.48. The van der Waals surface area contributed by atoms with E-state index < -0.39 is 5.97 Å². The molecule has 0 aliphatic heterocycles. The largest absolute Gasteiger partial charge is 0.492 e. The third kappa shape index (κ3) is 3.28. The SMILES string of the molecule is CCOC(=O)c1coc(Nc2ccccc2OCC)n1. The first-order valence-electron chi connectivity index (χ1n) is 6.36. The molecule has 0 radical (unpaired) electrons. The molecule has 6 nitrogen and oxygen atoms in total. The van der Waals surface area contributed by atoms with Gasteiger partial charge in [0, 0.05) is 0 Å². The Labute approximate surface area is 116 Å². The van der Waals surface area contributed by atoms with Crippen molar-refractivity contribution in [1.82, 2.24) is 4.98 Å². The summed E-state index contributed by atoms with van der Waals surface area (Å²) >= 11 is 0. The molecule has 106 valence electrons. The lowest BCUT2D eigenvalue weighted by Crippen LogP contribution is -2.05. The molecule has 20 heavy (non-hydrogen) atoms. The molecule has 0 saturated heterocycles. The Hall–Kier alpha value is -2.50. The Bertz CT molecular complexity index is 580. The van der Waals surface area contributed by atoms with Gasteiger partial charge in [-0.15, -0.1) is 0 Å². The second-order valence-electron chi connectivity index (χ2n) is 3.81. The van der Waals surface area contributed by atoms with E-state index in [-0.39, 0.29) is 11.7 Å². The van der Waals surface area contributed by atoms with Crippen LogP contribution in [0, 0.1) is 0 Å². The van der Waals surface area contributed by atoms with Crippen molar-refractivity contribution in [2.45, 2.75) is 13.8 Å². The number of para-hydroxylation sites is 2. The van der Waals surface area contributed by atoms with Crippen molar-refractivity contribution in [3.8, 4) is 5.75 Å². The molecule has 0 fully saturated rings. The number of aromatic nitrogens is 1. The Morgan fingerprint density at radius 2 is 2.10 bits per heavy atom. The number of carbonyl (C=O) groups is 1. The third-order valence-corrected chi connectivity index (χ3v) is 2.42. The van der Waals surface area contributed by atoms with E-state index in [1.165, 1.54) is 6.26 Å². The van der Waals surface area contributed by atoms with Gasteiger partial charge in [-0.05, 0) is 26.0 Å². The summed E-state index contributed by atoms with van der Waals surface area (Å²) in [5.41, 5.74) is 0.842. The Morgan fingerprint density at radius 1 is 1.30 bits per heavy atom. The molecule has 1 aromatic heterocycles. The summed E-state index contributed by atoms with van der Waals surface area (Å²) in [4.78, 5) is 15.5. The summed E-state index contributed by atoms with van der Waals surface area (Å²) in [6.07, 6.45) is 1.25. The van der Waals surface area contributed by atoms with Crippen LogP contribution in [0.2, 0.25) is 0 Å². The van der Waals surface area contributed by atoms with E-state index in [0.29, 0.717) is 24.7 Å². The van der Waals surface area contributed by atoms with Gasteiger partial charge in [-0.25, -0.2) is 4.79 Å². The standard InChI is InChI=1S/C14H16N2O4/c1-3-18-12-8-6-5-7-10(12)15-14-16-11(9-20-14)13(17)19-4-2/h5-9H,3-4H2,1-2H3,(H,15,16). The molecule has 1 N–H and O–H groups in total. The van der Waals surface area contributed by atoms with Gasteiger partial charge in [0.2, 0.25) is 0 Å². The number of hydrogen-bond acceptors (Lipinski definition) is 6. The Kier molecular flexibility index (Phi) is 4.60. The van der Waals surface area contributed by atoms with Crippen LogP contribution >= 0.6 is 0 Å². The van der Waals surface area contributed by atoms with Crippen molar-refractivity contribution in [3.05, 3.63) is 36.2 Å². The zero-order valence-electron chi connectivity index (χ0n) is 11.4. The first kappa shape index (κ1) is 13.9. The van der Waals surface area contributed by atoms with Crippen LogP contribution in [0.5, 0.6) is 5.75 Å². The number of rotatable bonds is 6. The maximum Gasteiger partial charge on any atom is 0.360 e. The molecule has 2 aromatic rings. The predicted molar refractivity (Wildman–Crippen MR) is 73.4 cm³/mol. The molecule has 0 bridgehead atoms. The number of benzene rings is 1. The van der Waals surface area contributed by atoms with Crippen LogP contribution in [0.4, 0.5) is 11.7 Å². The molecule has 0 saturated carbocycles. The van der Waals surface area contributed by atoms with Gasteiger partial charge >= 0.3 is 5.97 Å². The van der Waals surface area contributed by atoms with E-state index in [2.05, 4.69) is 10.3 Å². The fourth-order valence-corrected chi connectivity index (χ4v) is 1.60. The van der Waals surface area contributed by atoms with Crippen molar-refractivity contribution < 1.29 is 18.7 Å². The predicted octanol–water partition coefficient (Wildman–Crippen LogP) is 2.99. The van der Waals surface area contributed by atoms with E-state index in [9.17, 15) is 4.79 Å². The monoisotopic (exact) mass is 276 g/mol. The summed E-state index contributed by atoms with van der Waals surface area (Å²) in [6, 6.07) is 7.61. The normalized spacial score (nSPS) is 10.1. The highest BCUT2D eigenvalue weighted by Crippen LogP contribution is 2.27. The zero-order chi connectivity index (χ0) is 14.4. The lowest BCUT2D eigenvalue weighted by Gasteiger charge is -2.09. The summed E-state index contributed by atoms with van der Waals surface area (Å²) in [5, 5.41) is 2.96. The van der Waals surface area contributed by atoms with Gasteiger partial charge < -0.3 is 19.2 Å². The molecule has 0 aliphatic rings. The quantitative estimate of drug-likeness (QED) is 0.817. The first-order chi connectivity index (χ1) is 9.74. The average molecular weight is 276 g/mol. The van der Waals surface area contributed by atoms with Crippen LogP contribution in [0.1, 0.15) is 24.3 Å². The molecule has 0 atom stereocenters. The summed E-state index contributed by atoms with van der Waals surface area (Å²) in [7, 11) is 0. The lowest BCUT2D eigenvalue weighted by molar-refractivity contribution is 0.0519. The minimum absolute atomic E-state index is 0.128. The number of esters is 1. The van der Waals surface area contributed by atoms with E-state index in [4.69, 9.17) is 13.9 Å². The summed E-state index contributed by atoms with van der Waals surface area (Å²) < 4.78 is 15.5. The number of hydrogen-bond donors (Lipinski definition) is 1. The van der Waals surface area contributed by atoms with Crippen LogP contribution < -0.4 is 10.1 Å². The average Bonchev–Trinajstić information content (AvgIpc) is 2.90. The molecular formula is C14H16N2O4. The van der Waals surface area contributed by atoms with Crippen LogP contribution in [0.3, 0.4) is 0 Å². The number of nitrogens with zero attached hydrogens (tertiary/aromatic N) is 1. The molecular weight excluding hydrogens is 260 g/mol. The minimum atomic E-state index is -0.512. The smallest absolute Gasteiger partial charge is 0.360 e. The molecule has 0 aliphatic carbocycles. The molecule has 0 spiro atoms. The van der Waals surface area contributed by atoms with E-state index in [0.717, 1.165) is 0 Å². The van der Waals surface area contributed by atoms with Crippen molar-refractivity contribution in [2.75, 3.05) is 18.5 Å². The molecule has 0 amide bonds. The maximum atomic E-state index is 11.5. The first-order valence-corrected chi connectivity index (χ1v) is 6.36. The van der Waals surface area contributed by atoms with E-state index in [1.54, 1.807) is 6.92 Å².